The summed E-state index contributed by atoms with van der Waals surface area (Å²) in [4.78, 5) is 4.34. The van der Waals surface area contributed by atoms with Gasteiger partial charge in [0.1, 0.15) is 11.5 Å². The maximum absolute atomic E-state index is 5.22. The number of hydrogen-bond acceptors (Lipinski definition) is 3. The number of benzene rings is 1. The second kappa shape index (κ2) is 5.21. The summed E-state index contributed by atoms with van der Waals surface area (Å²) in [7, 11) is 3.31. The third kappa shape index (κ3) is 2.30. The molecular weight excluding hydrogens is 254 g/mol. The van der Waals surface area contributed by atoms with Crippen molar-refractivity contribution in [2.45, 2.75) is 6.54 Å². The smallest absolute Gasteiger partial charge is 0.260 e. The molecule has 0 aliphatic carbocycles. The van der Waals surface area contributed by atoms with E-state index in [0.717, 1.165) is 29.1 Å². The molecular formula is C15H16N3O2+. The number of fused-ring (bicyclic) bond motifs is 1. The SMILES string of the molecule is COc1ccc(C[n+]2[nH]cc3ncc(OC)cc32)cc1. The van der Waals surface area contributed by atoms with E-state index in [4.69, 9.17) is 9.47 Å². The van der Waals surface area contributed by atoms with Gasteiger partial charge in [0.2, 0.25) is 0 Å². The molecule has 0 amide bonds. The highest BCUT2D eigenvalue weighted by atomic mass is 16.5. The molecule has 3 rings (SSSR count). The second-order valence-electron chi connectivity index (χ2n) is 4.49. The van der Waals surface area contributed by atoms with Crippen LogP contribution in [0.4, 0.5) is 0 Å². The molecule has 0 aliphatic heterocycles. The van der Waals surface area contributed by atoms with E-state index in [1.807, 2.05) is 41.2 Å². The zero-order valence-electron chi connectivity index (χ0n) is 11.5. The molecule has 1 aromatic carbocycles. The van der Waals surface area contributed by atoms with Crippen LogP contribution >= 0.6 is 0 Å². The third-order valence-electron chi connectivity index (χ3n) is 3.26. The number of H-pyrrole nitrogens is 1. The summed E-state index contributed by atoms with van der Waals surface area (Å²) in [5.41, 5.74) is 3.11. The zero-order chi connectivity index (χ0) is 13.9. The molecule has 5 nitrogen and oxygen atoms in total. The Morgan fingerprint density at radius 3 is 2.55 bits per heavy atom. The molecule has 0 saturated heterocycles. The molecule has 1 N–H and O–H groups in total. The number of ether oxygens (including phenoxy) is 2. The van der Waals surface area contributed by atoms with Crippen LogP contribution in [0.5, 0.6) is 11.5 Å². The largest absolute Gasteiger partial charge is 0.497 e. The van der Waals surface area contributed by atoms with Gasteiger partial charge in [-0.25, -0.2) is 4.98 Å². The molecule has 2 aromatic heterocycles. The molecule has 0 saturated carbocycles. The van der Waals surface area contributed by atoms with E-state index in [1.165, 1.54) is 5.56 Å². The van der Waals surface area contributed by atoms with Gasteiger partial charge in [-0.15, -0.1) is 4.68 Å². The Morgan fingerprint density at radius 2 is 1.85 bits per heavy atom. The van der Waals surface area contributed by atoms with Crippen molar-refractivity contribution >= 4 is 11.0 Å². The van der Waals surface area contributed by atoms with Crippen molar-refractivity contribution in [1.29, 1.82) is 0 Å². The van der Waals surface area contributed by atoms with Crippen molar-refractivity contribution in [3.05, 3.63) is 48.3 Å². The third-order valence-corrected chi connectivity index (χ3v) is 3.26. The molecule has 0 bridgehead atoms. The molecule has 0 fully saturated rings. The highest BCUT2D eigenvalue weighted by molar-refractivity contribution is 5.71. The lowest BCUT2D eigenvalue weighted by molar-refractivity contribution is -0.718. The fourth-order valence-electron chi connectivity index (χ4n) is 2.14. The van der Waals surface area contributed by atoms with Crippen molar-refractivity contribution in [3.8, 4) is 11.5 Å². The van der Waals surface area contributed by atoms with Gasteiger partial charge in [0, 0.05) is 5.56 Å². The molecule has 0 spiro atoms. The quantitative estimate of drug-likeness (QED) is 0.737. The van der Waals surface area contributed by atoms with E-state index in [1.54, 1.807) is 20.4 Å². The van der Waals surface area contributed by atoms with Crippen LogP contribution in [0.2, 0.25) is 0 Å². The fraction of sp³-hybridized carbons (Fsp3) is 0.200. The van der Waals surface area contributed by atoms with E-state index < -0.39 is 0 Å². The number of methoxy groups -OCH3 is 2. The summed E-state index contributed by atoms with van der Waals surface area (Å²) in [5, 5.41) is 3.21. The predicted molar refractivity (Wildman–Crippen MR) is 74.9 cm³/mol. The molecule has 2 heterocycles. The first-order chi connectivity index (χ1) is 9.80. The lowest BCUT2D eigenvalue weighted by Gasteiger charge is -2.00. The number of aromatic amines is 1. The highest BCUT2D eigenvalue weighted by Gasteiger charge is 2.14. The van der Waals surface area contributed by atoms with Gasteiger partial charge in [-0.2, -0.15) is 5.10 Å². The summed E-state index contributed by atoms with van der Waals surface area (Å²) < 4.78 is 12.4. The minimum absolute atomic E-state index is 0.738. The van der Waals surface area contributed by atoms with Crippen LogP contribution in [0.1, 0.15) is 5.56 Å². The summed E-state index contributed by atoms with van der Waals surface area (Å²) >= 11 is 0. The summed E-state index contributed by atoms with van der Waals surface area (Å²) in [6, 6.07) is 9.99. The second-order valence-corrected chi connectivity index (χ2v) is 4.49. The van der Waals surface area contributed by atoms with Crippen LogP contribution in [-0.2, 0) is 6.54 Å². The van der Waals surface area contributed by atoms with Crippen LogP contribution in [0.3, 0.4) is 0 Å². The first kappa shape index (κ1) is 12.5. The van der Waals surface area contributed by atoms with Crippen molar-refractivity contribution in [1.82, 2.24) is 10.1 Å². The van der Waals surface area contributed by atoms with Gasteiger partial charge in [-0.3, -0.25) is 0 Å². The number of aromatic nitrogens is 3. The van der Waals surface area contributed by atoms with Gasteiger partial charge in [0.05, 0.1) is 32.7 Å². The van der Waals surface area contributed by atoms with Crippen LogP contribution < -0.4 is 14.2 Å². The van der Waals surface area contributed by atoms with Gasteiger partial charge < -0.3 is 9.47 Å². The van der Waals surface area contributed by atoms with E-state index in [0.29, 0.717) is 0 Å². The minimum Gasteiger partial charge on any atom is -0.497 e. The van der Waals surface area contributed by atoms with E-state index in [9.17, 15) is 0 Å². The standard InChI is InChI=1S/C15H15N3O2/c1-19-12-5-3-11(4-6-12)10-18-15-7-13(20-2)8-16-14(15)9-17-18/h3-9H,10H2,1-2H3/p+1. The molecule has 20 heavy (non-hydrogen) atoms. The normalized spacial score (nSPS) is 10.7. The zero-order valence-corrected chi connectivity index (χ0v) is 11.5. The Kier molecular flexibility index (Phi) is 3.25. The van der Waals surface area contributed by atoms with Crippen molar-refractivity contribution in [3.63, 3.8) is 0 Å². The first-order valence-corrected chi connectivity index (χ1v) is 6.34. The van der Waals surface area contributed by atoms with Crippen LogP contribution in [0.15, 0.2) is 42.7 Å². The highest BCUT2D eigenvalue weighted by Crippen LogP contribution is 2.15. The summed E-state index contributed by atoms with van der Waals surface area (Å²) in [6.45, 7) is 0.738. The number of hydrogen-bond donors (Lipinski definition) is 1. The van der Waals surface area contributed by atoms with Gasteiger partial charge >= 0.3 is 0 Å². The Balaban J connectivity index is 1.93. The minimum atomic E-state index is 0.738. The van der Waals surface area contributed by atoms with Crippen molar-refractivity contribution < 1.29 is 14.2 Å². The average molecular weight is 270 g/mol. The van der Waals surface area contributed by atoms with Crippen LogP contribution in [-0.4, -0.2) is 24.3 Å². The Labute approximate surface area is 116 Å². The van der Waals surface area contributed by atoms with E-state index in [2.05, 4.69) is 10.1 Å². The molecule has 102 valence electrons. The Bertz CT molecular complexity index is 720. The fourth-order valence-corrected chi connectivity index (χ4v) is 2.14. The topological polar surface area (TPSA) is 51.0 Å². The van der Waals surface area contributed by atoms with Crippen molar-refractivity contribution in [2.75, 3.05) is 14.2 Å². The molecule has 0 aliphatic rings. The molecule has 3 aromatic rings. The monoisotopic (exact) mass is 270 g/mol. The van der Waals surface area contributed by atoms with Gasteiger partial charge in [-0.05, 0) is 24.3 Å². The van der Waals surface area contributed by atoms with Gasteiger partial charge in [-0.1, -0.05) is 0 Å². The molecule has 0 radical (unpaired) electrons. The maximum atomic E-state index is 5.22. The average Bonchev–Trinajstić information content (AvgIpc) is 2.90. The lowest BCUT2D eigenvalue weighted by atomic mass is 10.2. The molecule has 0 unspecified atom stereocenters. The van der Waals surface area contributed by atoms with Gasteiger partial charge in [0.25, 0.3) is 5.52 Å². The summed E-state index contributed by atoms with van der Waals surface area (Å²) in [5.74, 6) is 1.61. The number of rotatable bonds is 4. The number of nitrogens with zero attached hydrogens (tertiary/aromatic N) is 2. The number of nitrogens with one attached hydrogen (secondary N) is 1. The predicted octanol–water partition coefficient (Wildman–Crippen LogP) is 1.92. The Morgan fingerprint density at radius 1 is 1.10 bits per heavy atom. The molecule has 0 atom stereocenters. The Hall–Kier alpha value is -2.56. The maximum Gasteiger partial charge on any atom is 0.260 e. The first-order valence-electron chi connectivity index (χ1n) is 6.34. The van der Waals surface area contributed by atoms with E-state index in [-0.39, 0.29) is 0 Å². The molecule has 5 heteroatoms. The van der Waals surface area contributed by atoms with Crippen LogP contribution in [0.25, 0.3) is 11.0 Å². The van der Waals surface area contributed by atoms with E-state index >= 15 is 0 Å². The van der Waals surface area contributed by atoms with Crippen LogP contribution in [0, 0.1) is 0 Å². The van der Waals surface area contributed by atoms with Crippen molar-refractivity contribution in [2.24, 2.45) is 0 Å². The van der Waals surface area contributed by atoms with Gasteiger partial charge in [0.15, 0.2) is 12.1 Å². The lowest BCUT2D eigenvalue weighted by Crippen LogP contribution is -2.36. The number of pyridine rings is 1. The summed E-state index contributed by atoms with van der Waals surface area (Å²) in [6.07, 6.45) is 3.60.